The van der Waals surface area contributed by atoms with Crippen LogP contribution >= 0.6 is 23.1 Å². The van der Waals surface area contributed by atoms with E-state index in [1.165, 1.54) is 28.7 Å². The summed E-state index contributed by atoms with van der Waals surface area (Å²) in [5.41, 5.74) is 3.21. The summed E-state index contributed by atoms with van der Waals surface area (Å²) in [4.78, 5) is 17.0. The van der Waals surface area contributed by atoms with Crippen LogP contribution < -0.4 is 10.1 Å². The summed E-state index contributed by atoms with van der Waals surface area (Å²) in [6, 6.07) is 18.0. The Balaban J connectivity index is 1.32. The number of benzene rings is 2. The lowest BCUT2D eigenvalue weighted by atomic mass is 9.87. The molecule has 2 aromatic carbocycles. The minimum atomic E-state index is -0.289. The lowest BCUT2D eigenvalue weighted by molar-refractivity contribution is -0.113. The van der Waals surface area contributed by atoms with E-state index in [-0.39, 0.29) is 23.2 Å². The molecule has 0 aliphatic rings. The van der Waals surface area contributed by atoms with E-state index in [9.17, 15) is 4.79 Å². The second-order valence-electron chi connectivity index (χ2n) is 9.18. The van der Waals surface area contributed by atoms with Gasteiger partial charge in [0.25, 0.3) is 0 Å². The van der Waals surface area contributed by atoms with Crippen LogP contribution in [0.2, 0.25) is 0 Å². The number of nitrogens with zero attached hydrogens (tertiary/aromatic N) is 4. The van der Waals surface area contributed by atoms with E-state index >= 15 is 0 Å². The molecule has 0 fully saturated rings. The van der Waals surface area contributed by atoms with Crippen LogP contribution in [0.25, 0.3) is 11.3 Å². The van der Waals surface area contributed by atoms with E-state index < -0.39 is 0 Å². The fraction of sp³-hybridized carbons (Fsp3) is 0.308. The number of hydrogen-bond donors (Lipinski definition) is 1. The minimum Gasteiger partial charge on any atom is -0.483 e. The SMILES string of the molecule is CC(Oc1ccc(C(C)(C)C)cc1)c1nnc(SCC(=O)Nc2nc(-c3ccccc3)cs2)n1C. The molecule has 1 N–H and O–H groups in total. The minimum absolute atomic E-state index is 0.0932. The van der Waals surface area contributed by atoms with Crippen LogP contribution in [0.15, 0.2) is 65.1 Å². The second-order valence-corrected chi connectivity index (χ2v) is 11.0. The summed E-state index contributed by atoms with van der Waals surface area (Å²) in [5.74, 6) is 1.54. The highest BCUT2D eigenvalue weighted by Gasteiger charge is 2.19. The van der Waals surface area contributed by atoms with Gasteiger partial charge in [-0.3, -0.25) is 4.79 Å². The highest BCUT2D eigenvalue weighted by molar-refractivity contribution is 7.99. The first-order valence-electron chi connectivity index (χ1n) is 11.3. The summed E-state index contributed by atoms with van der Waals surface area (Å²) >= 11 is 2.73. The van der Waals surface area contributed by atoms with Gasteiger partial charge in [0.2, 0.25) is 5.91 Å². The number of anilines is 1. The number of aromatic nitrogens is 4. The molecular formula is C26H29N5O2S2. The summed E-state index contributed by atoms with van der Waals surface area (Å²) in [7, 11) is 1.88. The molecule has 182 valence electrons. The number of carbonyl (C=O) groups is 1. The van der Waals surface area contributed by atoms with Crippen LogP contribution in [0.4, 0.5) is 5.13 Å². The first kappa shape index (κ1) is 24.9. The van der Waals surface area contributed by atoms with E-state index in [1.54, 1.807) is 0 Å². The summed E-state index contributed by atoms with van der Waals surface area (Å²) in [5, 5.41) is 14.6. The van der Waals surface area contributed by atoms with Crippen LogP contribution in [0.3, 0.4) is 0 Å². The van der Waals surface area contributed by atoms with Crippen LogP contribution in [0.5, 0.6) is 5.75 Å². The monoisotopic (exact) mass is 507 g/mol. The molecule has 0 aliphatic carbocycles. The molecule has 1 amide bonds. The fourth-order valence-corrected chi connectivity index (χ4v) is 4.91. The fourth-order valence-electron chi connectivity index (χ4n) is 3.45. The number of hydrogen-bond acceptors (Lipinski definition) is 7. The van der Waals surface area contributed by atoms with Crippen molar-refractivity contribution in [2.24, 2.45) is 7.05 Å². The first-order valence-corrected chi connectivity index (χ1v) is 13.2. The van der Waals surface area contributed by atoms with Gasteiger partial charge < -0.3 is 14.6 Å². The van der Waals surface area contributed by atoms with Crippen LogP contribution in [-0.4, -0.2) is 31.4 Å². The standard InChI is InChI=1S/C26H29N5O2S2/c1-17(33-20-13-11-19(12-14-20)26(2,3)4)23-29-30-25(31(23)5)35-16-22(32)28-24-27-21(15-34-24)18-9-7-6-8-10-18/h6-15,17H,16H2,1-5H3,(H,27,28,32). The average Bonchev–Trinajstić information content (AvgIpc) is 3.44. The third kappa shape index (κ3) is 6.29. The van der Waals surface area contributed by atoms with Crippen LogP contribution in [-0.2, 0) is 17.3 Å². The van der Waals surface area contributed by atoms with E-state index in [0.29, 0.717) is 16.1 Å². The number of nitrogens with one attached hydrogen (secondary N) is 1. The lowest BCUT2D eigenvalue weighted by Crippen LogP contribution is -2.14. The predicted molar refractivity (Wildman–Crippen MR) is 142 cm³/mol. The van der Waals surface area contributed by atoms with Gasteiger partial charge in [-0.25, -0.2) is 4.98 Å². The molecule has 0 saturated carbocycles. The van der Waals surface area contributed by atoms with Crippen molar-refractivity contribution in [1.29, 1.82) is 0 Å². The van der Waals surface area contributed by atoms with Crippen LogP contribution in [0.1, 0.15) is 45.2 Å². The number of amides is 1. The van der Waals surface area contributed by atoms with Crippen molar-refractivity contribution in [3.63, 3.8) is 0 Å². The molecule has 2 aromatic heterocycles. The number of rotatable bonds is 8. The second kappa shape index (κ2) is 10.6. The Labute approximate surface area is 214 Å². The molecule has 4 rings (SSSR count). The zero-order valence-corrected chi connectivity index (χ0v) is 22.1. The molecule has 0 bridgehead atoms. The average molecular weight is 508 g/mol. The van der Waals surface area contributed by atoms with Crippen molar-refractivity contribution in [2.75, 3.05) is 11.1 Å². The van der Waals surface area contributed by atoms with Crippen molar-refractivity contribution >= 4 is 34.1 Å². The molecule has 0 aliphatic heterocycles. The Bertz CT molecular complexity index is 1280. The molecule has 4 aromatic rings. The van der Waals surface area contributed by atoms with Gasteiger partial charge in [0, 0.05) is 18.0 Å². The summed E-state index contributed by atoms with van der Waals surface area (Å²) in [6.45, 7) is 8.49. The number of ether oxygens (including phenoxy) is 1. The zero-order valence-electron chi connectivity index (χ0n) is 20.5. The van der Waals surface area contributed by atoms with E-state index in [4.69, 9.17) is 4.74 Å². The molecule has 2 heterocycles. The van der Waals surface area contributed by atoms with Crippen LogP contribution in [0, 0.1) is 0 Å². The normalized spacial score (nSPS) is 12.4. The van der Waals surface area contributed by atoms with E-state index in [2.05, 4.69) is 53.4 Å². The Morgan fingerprint density at radius 3 is 2.51 bits per heavy atom. The largest absolute Gasteiger partial charge is 0.483 e. The number of thioether (sulfide) groups is 1. The smallest absolute Gasteiger partial charge is 0.236 e. The predicted octanol–water partition coefficient (Wildman–Crippen LogP) is 6.11. The van der Waals surface area contributed by atoms with Gasteiger partial charge >= 0.3 is 0 Å². The third-order valence-corrected chi connectivity index (χ3v) is 7.20. The lowest BCUT2D eigenvalue weighted by Gasteiger charge is -2.20. The van der Waals surface area contributed by atoms with Crippen molar-refractivity contribution < 1.29 is 9.53 Å². The van der Waals surface area contributed by atoms with Crippen molar-refractivity contribution in [2.45, 2.75) is 44.4 Å². The highest BCUT2D eigenvalue weighted by atomic mass is 32.2. The van der Waals surface area contributed by atoms with Gasteiger partial charge in [-0.05, 0) is 30.0 Å². The van der Waals surface area contributed by atoms with Crippen molar-refractivity contribution in [1.82, 2.24) is 19.7 Å². The quantitative estimate of drug-likeness (QED) is 0.290. The van der Waals surface area contributed by atoms with E-state index in [0.717, 1.165) is 17.0 Å². The van der Waals surface area contributed by atoms with Gasteiger partial charge in [-0.1, -0.05) is 75.0 Å². The highest BCUT2D eigenvalue weighted by Crippen LogP contribution is 2.28. The first-order chi connectivity index (χ1) is 16.7. The van der Waals surface area contributed by atoms with Gasteiger partial charge in [0.1, 0.15) is 5.75 Å². The van der Waals surface area contributed by atoms with E-state index in [1.807, 2.05) is 66.4 Å². The van der Waals surface area contributed by atoms with Gasteiger partial charge in [-0.15, -0.1) is 21.5 Å². The topological polar surface area (TPSA) is 81.9 Å². The van der Waals surface area contributed by atoms with Gasteiger partial charge in [0.15, 0.2) is 22.2 Å². The van der Waals surface area contributed by atoms with Crippen molar-refractivity contribution in [3.8, 4) is 17.0 Å². The molecule has 1 atom stereocenters. The molecule has 0 spiro atoms. The van der Waals surface area contributed by atoms with Gasteiger partial charge in [0.05, 0.1) is 11.4 Å². The molecule has 7 nitrogen and oxygen atoms in total. The summed E-state index contributed by atoms with van der Waals surface area (Å²) in [6.07, 6.45) is -0.289. The maximum absolute atomic E-state index is 12.5. The molecular weight excluding hydrogens is 478 g/mol. The zero-order chi connectivity index (χ0) is 25.0. The molecule has 35 heavy (non-hydrogen) atoms. The molecule has 0 saturated heterocycles. The van der Waals surface area contributed by atoms with Crippen molar-refractivity contribution in [3.05, 3.63) is 71.4 Å². The Kier molecular flexibility index (Phi) is 7.57. The molecule has 1 unspecified atom stereocenters. The third-order valence-electron chi connectivity index (χ3n) is 5.42. The number of carbonyl (C=O) groups excluding carboxylic acids is 1. The van der Waals surface area contributed by atoms with Gasteiger partial charge in [-0.2, -0.15) is 0 Å². The Morgan fingerprint density at radius 1 is 1.11 bits per heavy atom. The molecule has 0 radical (unpaired) electrons. The summed E-state index contributed by atoms with van der Waals surface area (Å²) < 4.78 is 7.95. The maximum atomic E-state index is 12.5. The maximum Gasteiger partial charge on any atom is 0.236 e. The Hall–Kier alpha value is -3.17. The number of thiazole rings is 1. The Morgan fingerprint density at radius 2 is 1.83 bits per heavy atom. The molecule has 9 heteroatoms.